The molecule has 11 amide bonds. The van der Waals surface area contributed by atoms with Gasteiger partial charge in [-0.25, -0.2) is 19.4 Å². The van der Waals surface area contributed by atoms with E-state index in [9.17, 15) is 138 Å². The minimum Gasteiger partial charge on any atom is -0.504 e. The van der Waals surface area contributed by atoms with Crippen LogP contribution in [0, 0.1) is 0 Å². The lowest BCUT2D eigenvalue weighted by molar-refractivity contribution is -0.167. The molecular formula is C55H80N14O28. The predicted molar refractivity (Wildman–Crippen MR) is 322 cm³/mol. The Hall–Kier alpha value is -9.79. The molecule has 42 heteroatoms. The van der Waals surface area contributed by atoms with Crippen molar-refractivity contribution in [3.05, 3.63) is 38.9 Å². The molecule has 1 aromatic rings. The normalized spacial score (nSPS) is 16.0. The van der Waals surface area contributed by atoms with Gasteiger partial charge in [0, 0.05) is 64.2 Å². The van der Waals surface area contributed by atoms with Crippen molar-refractivity contribution in [1.29, 1.82) is 0 Å². The molecule has 42 nitrogen and oxygen atoms in total. The van der Waals surface area contributed by atoms with Crippen LogP contribution in [0.1, 0.15) is 70.8 Å². The van der Waals surface area contributed by atoms with Crippen LogP contribution < -0.4 is 64.3 Å². The summed E-state index contributed by atoms with van der Waals surface area (Å²) in [7, 11) is 0. The molecule has 0 radical (unpaired) electrons. The van der Waals surface area contributed by atoms with Crippen molar-refractivity contribution in [2.75, 3.05) is 59.3 Å². The van der Waals surface area contributed by atoms with Crippen molar-refractivity contribution in [2.24, 2.45) is 0 Å². The van der Waals surface area contributed by atoms with Gasteiger partial charge in [0.25, 0.3) is 0 Å². The topological polar surface area (TPSA) is 668 Å². The molecule has 0 aromatic carbocycles. The van der Waals surface area contributed by atoms with Crippen molar-refractivity contribution >= 4 is 88.1 Å². The molecule has 12 atom stereocenters. The second kappa shape index (κ2) is 38.1. The zero-order valence-corrected chi connectivity index (χ0v) is 51.9. The van der Waals surface area contributed by atoms with Gasteiger partial charge in [0.1, 0.15) is 66.1 Å². The van der Waals surface area contributed by atoms with Crippen LogP contribution in [-0.4, -0.2) is 289 Å². The summed E-state index contributed by atoms with van der Waals surface area (Å²) in [4.78, 5) is 199. The van der Waals surface area contributed by atoms with Crippen molar-refractivity contribution in [1.82, 2.24) is 72.3 Å². The van der Waals surface area contributed by atoms with E-state index >= 15 is 0 Å². The van der Waals surface area contributed by atoms with E-state index in [0.29, 0.717) is 0 Å². The van der Waals surface area contributed by atoms with Crippen molar-refractivity contribution in [2.45, 2.75) is 144 Å². The number of aromatic nitrogens is 3. The van der Waals surface area contributed by atoms with Crippen LogP contribution in [0.25, 0.3) is 22.4 Å². The summed E-state index contributed by atoms with van der Waals surface area (Å²) in [6, 6.07) is -14.9. The number of phenols is 1. The average Bonchev–Trinajstić information content (AvgIpc) is 1.63. The van der Waals surface area contributed by atoms with Crippen LogP contribution in [0.5, 0.6) is 5.75 Å². The van der Waals surface area contributed by atoms with E-state index < -0.39 is 271 Å². The minimum absolute atomic E-state index is 0.0305. The Kier molecular flexibility index (Phi) is 31.3. The van der Waals surface area contributed by atoms with Crippen LogP contribution >= 0.6 is 0 Å². The van der Waals surface area contributed by atoms with E-state index in [1.165, 1.54) is 22.1 Å². The molecular weight excluding hydrogens is 1300 g/mol. The number of carbonyl (C=O) groups excluding carboxylic acids is 11. The van der Waals surface area contributed by atoms with E-state index in [0.717, 1.165) is 12.1 Å². The third-order valence-corrected chi connectivity index (χ3v) is 14.8. The number of rotatable bonds is 41. The van der Waals surface area contributed by atoms with Gasteiger partial charge in [-0.15, -0.1) is 0 Å². The van der Waals surface area contributed by atoms with Gasteiger partial charge in [-0.3, -0.25) is 67.3 Å². The van der Waals surface area contributed by atoms with Gasteiger partial charge in [-0.05, 0) is 64.0 Å². The fourth-order valence-electron chi connectivity index (χ4n) is 9.83. The van der Waals surface area contributed by atoms with Crippen LogP contribution in [0.15, 0.2) is 27.8 Å². The second-order valence-electron chi connectivity index (χ2n) is 22.0. The van der Waals surface area contributed by atoms with E-state index in [1.54, 1.807) is 0 Å². The largest absolute Gasteiger partial charge is 0.504 e. The number of carbonyl (C=O) groups is 13. The third kappa shape index (κ3) is 22.4. The molecule has 0 saturated carbocycles. The quantitative estimate of drug-likeness (QED) is 0.0185. The SMILES string of the molecule is CC(O)CC(=O)N(O)CCCC(NC(=O)C(CCO)NC(=O)C(CCO)NC(=O)C(CCO)NC(=O)C(NC(=O)CNC(=O)C(CCO)NC(=O)C(CO)NC(=O)C(CO)NC(=O)C1CCn2c(=O)[nH]c3cc4cc(O)c(=O)cc-4n1c32)C(O)C(=O)O)C(=O)NC(CCO)C(=O)O. The molecule has 0 bridgehead atoms. The lowest BCUT2D eigenvalue weighted by Gasteiger charge is -2.31. The molecule has 4 rings (SSSR count). The number of amides is 11. The molecule has 3 heterocycles. The Balaban J connectivity index is 1.41. The number of aromatic hydroxyl groups is 1. The number of aromatic amines is 1. The summed E-state index contributed by atoms with van der Waals surface area (Å²) >= 11 is 0. The highest BCUT2D eigenvalue weighted by Gasteiger charge is 2.39. The molecule has 538 valence electrons. The number of nitrogens with one attached hydrogen (secondary N) is 11. The summed E-state index contributed by atoms with van der Waals surface area (Å²) in [6.07, 6.45) is -8.44. The number of fused-ring (bicyclic) bond motifs is 2. The number of nitrogens with zero attached hydrogens (tertiary/aromatic N) is 3. The van der Waals surface area contributed by atoms with Crippen LogP contribution in [0.2, 0.25) is 0 Å². The van der Waals surface area contributed by atoms with Gasteiger partial charge in [-0.2, -0.15) is 0 Å². The van der Waals surface area contributed by atoms with E-state index in [-0.39, 0.29) is 46.9 Å². The van der Waals surface area contributed by atoms with Gasteiger partial charge in [0.05, 0.1) is 43.5 Å². The standard InChI is InChI=1S/C55H80N14O28/c1-24(77)17-40(81)68(97)10-2-3-26(44(84)62-31(9-16-74)53(92)93)57-45(85)28(6-13-71)59-46(86)29(7-14-72)60-47(87)30(8-15-73)61-51(91)41(42(82)54(94)95)66-39(80)21-56-43(83)27(5-12-70)58-48(88)33(22-75)63-49(89)34(23-76)64-50(90)35-4-11-67-52-32(65-55(67)96)18-25-19-37(78)38(79)20-36(25)69(35)52/h18-20,24,26-31,33-35,41-42,70-78,82,97H,2-17,21-23H2,1H3,(H,56,83)(H,57,85)(H,58,88)(H,59,86)(H,60,87)(H,61,91)(H,62,84)(H,63,89)(H,64,90)(H,65,96)(H,66,80)(H,92,93)(H,94,95). The maximum Gasteiger partial charge on any atom is 0.335 e. The van der Waals surface area contributed by atoms with Gasteiger partial charge < -0.3 is 124 Å². The number of aliphatic hydroxyl groups is 9. The molecule has 0 spiro atoms. The Labute approximate surface area is 547 Å². The summed E-state index contributed by atoms with van der Waals surface area (Å²) in [6.45, 7) is -6.97. The first-order valence-corrected chi connectivity index (χ1v) is 30.0. The van der Waals surface area contributed by atoms with Gasteiger partial charge >= 0.3 is 17.6 Å². The van der Waals surface area contributed by atoms with Crippen LogP contribution in [0.4, 0.5) is 0 Å². The van der Waals surface area contributed by atoms with E-state index in [1.807, 2.05) is 16.0 Å². The molecule has 1 aromatic heterocycles. The number of pyridine rings is 1. The lowest BCUT2D eigenvalue weighted by Crippen LogP contribution is -2.62. The fraction of sp³-hybridized carbons (Fsp3) is 0.582. The number of H-pyrrole nitrogens is 1. The highest BCUT2D eigenvalue weighted by Crippen LogP contribution is 2.35. The highest BCUT2D eigenvalue weighted by atomic mass is 16.5. The van der Waals surface area contributed by atoms with Crippen LogP contribution in [0.3, 0.4) is 0 Å². The number of aliphatic hydroxyl groups excluding tert-OH is 9. The number of hydroxylamine groups is 2. The first-order chi connectivity index (χ1) is 45.9. The summed E-state index contributed by atoms with van der Waals surface area (Å²) in [5.74, 6) is -18.3. The Morgan fingerprint density at radius 1 is 0.567 bits per heavy atom. The number of hydrogen-bond acceptors (Lipinski definition) is 26. The number of aryl methyl sites for hydroxylation is 1. The average molecular weight is 1390 g/mol. The molecule has 0 saturated heterocycles. The zero-order chi connectivity index (χ0) is 72.5. The van der Waals surface area contributed by atoms with Gasteiger partial charge in [0.15, 0.2) is 11.9 Å². The summed E-state index contributed by atoms with van der Waals surface area (Å²) < 4.78 is 2.62. The van der Waals surface area contributed by atoms with Gasteiger partial charge in [0.2, 0.25) is 70.4 Å². The Morgan fingerprint density at radius 2 is 1.01 bits per heavy atom. The monoisotopic (exact) mass is 1380 g/mol. The number of hydrogen-bond donors (Lipinski definition) is 24. The first-order valence-electron chi connectivity index (χ1n) is 30.0. The molecule has 3 aliphatic rings. The maximum atomic E-state index is 13.9. The number of carboxylic acids is 2. The smallest absolute Gasteiger partial charge is 0.335 e. The second-order valence-corrected chi connectivity index (χ2v) is 22.0. The molecule has 2 aliphatic heterocycles. The highest BCUT2D eigenvalue weighted by molar-refractivity contribution is 6.00. The van der Waals surface area contributed by atoms with Crippen LogP contribution in [-0.2, 0) is 68.9 Å². The predicted octanol–water partition coefficient (Wildman–Crippen LogP) is -12.1. The first kappa shape index (κ1) is 79.6. The number of benzene rings is 1. The number of imidazole rings is 1. The van der Waals surface area contributed by atoms with Crippen molar-refractivity contribution in [3.63, 3.8) is 0 Å². The lowest BCUT2D eigenvalue weighted by atomic mass is 10.0. The summed E-state index contributed by atoms with van der Waals surface area (Å²) in [5.41, 5.74) is -0.656. The van der Waals surface area contributed by atoms with E-state index in [4.69, 9.17) is 0 Å². The zero-order valence-electron chi connectivity index (χ0n) is 51.9. The minimum atomic E-state index is -2.84. The maximum absolute atomic E-state index is 13.9. The molecule has 97 heavy (non-hydrogen) atoms. The third-order valence-electron chi connectivity index (χ3n) is 14.8. The number of aliphatic carboxylic acids is 2. The number of carboxylic acid groups (broad SMARTS) is 2. The Morgan fingerprint density at radius 3 is 1.48 bits per heavy atom. The molecule has 0 fully saturated rings. The number of phenolic OH excluding ortho intramolecular Hbond substituents is 1. The van der Waals surface area contributed by atoms with E-state index in [2.05, 4.69) is 42.2 Å². The molecule has 24 N–H and O–H groups in total. The van der Waals surface area contributed by atoms with Gasteiger partial charge in [-0.1, -0.05) is 0 Å². The molecule has 1 aliphatic carbocycles. The van der Waals surface area contributed by atoms with Crippen molar-refractivity contribution < 1.29 is 129 Å². The fourth-order valence-corrected chi connectivity index (χ4v) is 9.83. The molecule has 12 unspecified atom stereocenters. The summed E-state index contributed by atoms with van der Waals surface area (Å²) in [5, 5.41) is 150. The Bertz CT molecular complexity index is 3410. The van der Waals surface area contributed by atoms with Crippen molar-refractivity contribution in [3.8, 4) is 17.0 Å².